The zero-order chi connectivity index (χ0) is 13.7. The molecule has 1 heterocycles. The van der Waals surface area contributed by atoms with Crippen LogP contribution in [0.3, 0.4) is 0 Å². The second-order valence-corrected chi connectivity index (χ2v) is 5.27. The molecule has 1 aromatic heterocycles. The molecule has 2 aromatic rings. The zero-order valence-electron chi connectivity index (χ0n) is 10.7. The molecular formula is C14H17NO3S. The Kier molecular flexibility index (Phi) is 5.01. The van der Waals surface area contributed by atoms with Crippen LogP contribution in [0.1, 0.15) is 11.5 Å². The molecular weight excluding hydrogens is 262 g/mol. The van der Waals surface area contributed by atoms with Crippen molar-refractivity contribution in [1.29, 1.82) is 0 Å². The highest BCUT2D eigenvalue weighted by Gasteiger charge is 2.11. The lowest BCUT2D eigenvalue weighted by Crippen LogP contribution is -2.14. The fraction of sp³-hybridized carbons (Fsp3) is 0.357. The average molecular weight is 279 g/mol. The van der Waals surface area contributed by atoms with Gasteiger partial charge in [-0.2, -0.15) is 11.8 Å². The SMILES string of the molecule is Cc1oc(-c2ccccc2)nc1CSCC(O)CO. The van der Waals surface area contributed by atoms with E-state index in [9.17, 15) is 5.11 Å². The molecule has 1 aromatic carbocycles. The summed E-state index contributed by atoms with van der Waals surface area (Å²) in [5, 5.41) is 18.0. The minimum absolute atomic E-state index is 0.208. The van der Waals surface area contributed by atoms with Crippen molar-refractivity contribution >= 4 is 11.8 Å². The minimum atomic E-state index is -0.675. The molecule has 0 radical (unpaired) electrons. The summed E-state index contributed by atoms with van der Waals surface area (Å²) in [4.78, 5) is 4.47. The van der Waals surface area contributed by atoms with E-state index in [1.165, 1.54) is 11.8 Å². The molecule has 0 aliphatic carbocycles. The second-order valence-electron chi connectivity index (χ2n) is 4.24. The van der Waals surface area contributed by atoms with Crippen LogP contribution >= 0.6 is 11.8 Å². The Morgan fingerprint density at radius 3 is 2.74 bits per heavy atom. The average Bonchev–Trinajstić information content (AvgIpc) is 2.81. The number of aliphatic hydroxyl groups excluding tert-OH is 2. The van der Waals surface area contributed by atoms with Gasteiger partial charge in [-0.15, -0.1) is 0 Å². The second kappa shape index (κ2) is 6.75. The smallest absolute Gasteiger partial charge is 0.226 e. The third kappa shape index (κ3) is 3.83. The highest BCUT2D eigenvalue weighted by atomic mass is 32.2. The molecule has 0 aliphatic heterocycles. The molecule has 4 nitrogen and oxygen atoms in total. The summed E-state index contributed by atoms with van der Waals surface area (Å²) in [7, 11) is 0. The van der Waals surface area contributed by atoms with Gasteiger partial charge in [0.15, 0.2) is 0 Å². The van der Waals surface area contributed by atoms with Crippen LogP contribution < -0.4 is 0 Å². The number of thioether (sulfide) groups is 1. The predicted octanol–water partition coefficient (Wildman–Crippen LogP) is 2.24. The Hall–Kier alpha value is -1.30. The maximum absolute atomic E-state index is 9.27. The Labute approximate surface area is 116 Å². The fourth-order valence-corrected chi connectivity index (χ4v) is 2.57. The standard InChI is InChI=1S/C14H17NO3S/c1-10-13(9-19-8-12(17)7-16)15-14(18-10)11-5-3-2-4-6-11/h2-6,12,16-17H,7-9H2,1H3. The van der Waals surface area contributed by atoms with Gasteiger partial charge in [0.25, 0.3) is 0 Å². The lowest BCUT2D eigenvalue weighted by atomic mass is 10.2. The molecule has 0 aliphatic rings. The van der Waals surface area contributed by atoms with Gasteiger partial charge >= 0.3 is 0 Å². The third-order valence-corrected chi connectivity index (χ3v) is 3.77. The molecule has 5 heteroatoms. The molecule has 2 rings (SSSR count). The number of hydrogen-bond donors (Lipinski definition) is 2. The van der Waals surface area contributed by atoms with Crippen LogP contribution in [0.2, 0.25) is 0 Å². The quantitative estimate of drug-likeness (QED) is 0.849. The van der Waals surface area contributed by atoms with E-state index in [4.69, 9.17) is 9.52 Å². The highest BCUT2D eigenvalue weighted by molar-refractivity contribution is 7.98. The van der Waals surface area contributed by atoms with Crippen LogP contribution in [0, 0.1) is 6.92 Å². The molecule has 0 fully saturated rings. The summed E-state index contributed by atoms with van der Waals surface area (Å²) in [5.74, 6) is 2.57. The maximum Gasteiger partial charge on any atom is 0.226 e. The fourth-order valence-electron chi connectivity index (χ4n) is 1.61. The van der Waals surface area contributed by atoms with Crippen LogP contribution in [-0.4, -0.2) is 33.7 Å². The van der Waals surface area contributed by atoms with Crippen LogP contribution in [0.5, 0.6) is 0 Å². The maximum atomic E-state index is 9.27. The summed E-state index contributed by atoms with van der Waals surface area (Å²) >= 11 is 1.53. The number of nitrogens with zero attached hydrogens (tertiary/aromatic N) is 1. The van der Waals surface area contributed by atoms with E-state index in [0.717, 1.165) is 17.0 Å². The molecule has 1 atom stereocenters. The van der Waals surface area contributed by atoms with E-state index >= 15 is 0 Å². The number of aryl methyl sites for hydroxylation is 1. The predicted molar refractivity (Wildman–Crippen MR) is 75.9 cm³/mol. The molecule has 1 unspecified atom stereocenters. The first kappa shape index (κ1) is 14.1. The molecule has 0 bridgehead atoms. The Morgan fingerprint density at radius 2 is 2.05 bits per heavy atom. The summed E-state index contributed by atoms with van der Waals surface area (Å²) in [6.45, 7) is 1.68. The van der Waals surface area contributed by atoms with Gasteiger partial charge in [0.1, 0.15) is 5.76 Å². The topological polar surface area (TPSA) is 66.5 Å². The van der Waals surface area contributed by atoms with Gasteiger partial charge in [-0.1, -0.05) is 18.2 Å². The van der Waals surface area contributed by atoms with Crippen molar-refractivity contribution in [3.05, 3.63) is 41.8 Å². The summed E-state index contributed by atoms with van der Waals surface area (Å²) in [6.07, 6.45) is -0.675. The van der Waals surface area contributed by atoms with Crippen LogP contribution in [0.4, 0.5) is 0 Å². The zero-order valence-corrected chi connectivity index (χ0v) is 11.6. The monoisotopic (exact) mass is 279 g/mol. The van der Waals surface area contributed by atoms with Crippen LogP contribution in [0.25, 0.3) is 11.5 Å². The first-order valence-electron chi connectivity index (χ1n) is 6.09. The van der Waals surface area contributed by atoms with Crippen molar-refractivity contribution < 1.29 is 14.6 Å². The molecule has 2 N–H and O–H groups in total. The van der Waals surface area contributed by atoms with E-state index in [-0.39, 0.29) is 6.61 Å². The summed E-state index contributed by atoms with van der Waals surface area (Å²) in [6, 6.07) is 9.75. The first-order valence-corrected chi connectivity index (χ1v) is 7.24. The lowest BCUT2D eigenvalue weighted by molar-refractivity contribution is 0.113. The van der Waals surface area contributed by atoms with Crippen molar-refractivity contribution in [2.45, 2.75) is 18.8 Å². The molecule has 0 saturated heterocycles. The summed E-state index contributed by atoms with van der Waals surface area (Å²) in [5.41, 5.74) is 1.84. The van der Waals surface area contributed by atoms with Gasteiger partial charge < -0.3 is 14.6 Å². The number of aromatic nitrogens is 1. The van der Waals surface area contributed by atoms with Crippen molar-refractivity contribution in [2.24, 2.45) is 0 Å². The molecule has 0 saturated carbocycles. The van der Waals surface area contributed by atoms with E-state index in [2.05, 4.69) is 4.98 Å². The third-order valence-electron chi connectivity index (χ3n) is 2.67. The number of hydrogen-bond acceptors (Lipinski definition) is 5. The molecule has 0 spiro atoms. The molecule has 102 valence electrons. The van der Waals surface area contributed by atoms with Gasteiger partial charge in [0.2, 0.25) is 5.89 Å². The molecule has 0 amide bonds. The van der Waals surface area contributed by atoms with E-state index < -0.39 is 6.10 Å². The van der Waals surface area contributed by atoms with Crippen molar-refractivity contribution in [1.82, 2.24) is 4.98 Å². The number of benzene rings is 1. The Bertz CT molecular complexity index is 513. The number of oxazole rings is 1. The largest absolute Gasteiger partial charge is 0.441 e. The van der Waals surface area contributed by atoms with Crippen molar-refractivity contribution in [2.75, 3.05) is 12.4 Å². The van der Waals surface area contributed by atoms with Gasteiger partial charge in [0.05, 0.1) is 18.4 Å². The minimum Gasteiger partial charge on any atom is -0.441 e. The van der Waals surface area contributed by atoms with Gasteiger partial charge in [-0.25, -0.2) is 4.98 Å². The Morgan fingerprint density at radius 1 is 1.32 bits per heavy atom. The van der Waals surface area contributed by atoms with Gasteiger partial charge in [-0.3, -0.25) is 0 Å². The lowest BCUT2D eigenvalue weighted by Gasteiger charge is -2.04. The molecule has 19 heavy (non-hydrogen) atoms. The highest BCUT2D eigenvalue weighted by Crippen LogP contribution is 2.24. The van der Waals surface area contributed by atoms with Crippen LogP contribution in [0.15, 0.2) is 34.7 Å². The summed E-state index contributed by atoms with van der Waals surface area (Å²) < 4.78 is 5.65. The first-order chi connectivity index (χ1) is 9.20. The van der Waals surface area contributed by atoms with Crippen molar-refractivity contribution in [3.63, 3.8) is 0 Å². The van der Waals surface area contributed by atoms with E-state index in [1.807, 2.05) is 37.3 Å². The Balaban J connectivity index is 2.01. The normalized spacial score (nSPS) is 12.6. The van der Waals surface area contributed by atoms with Crippen LogP contribution in [-0.2, 0) is 5.75 Å². The van der Waals surface area contributed by atoms with E-state index in [0.29, 0.717) is 17.4 Å². The van der Waals surface area contributed by atoms with E-state index in [1.54, 1.807) is 0 Å². The van der Waals surface area contributed by atoms with Crippen molar-refractivity contribution in [3.8, 4) is 11.5 Å². The number of aliphatic hydroxyl groups is 2. The van der Waals surface area contributed by atoms with Gasteiger partial charge in [-0.05, 0) is 19.1 Å². The van der Waals surface area contributed by atoms with Gasteiger partial charge in [0, 0.05) is 17.1 Å². The number of rotatable bonds is 6.